The largest absolute Gasteiger partial charge is 0.508 e. The summed E-state index contributed by atoms with van der Waals surface area (Å²) in [5.74, 6) is 0.357. The van der Waals surface area contributed by atoms with E-state index < -0.39 is 15.3 Å². The second-order valence-corrected chi connectivity index (χ2v) is 9.14. The van der Waals surface area contributed by atoms with Crippen LogP contribution >= 0.6 is 0 Å². The summed E-state index contributed by atoms with van der Waals surface area (Å²) in [5, 5.41) is 21.5. The number of aromatic hydroxyl groups is 1. The third-order valence-electron chi connectivity index (χ3n) is 4.38. The van der Waals surface area contributed by atoms with E-state index in [2.05, 4.69) is 20.0 Å². The van der Waals surface area contributed by atoms with Crippen molar-refractivity contribution >= 4 is 38.4 Å². The van der Waals surface area contributed by atoms with Gasteiger partial charge in [-0.2, -0.15) is 0 Å². The molecule has 29 heavy (non-hydrogen) atoms. The summed E-state index contributed by atoms with van der Waals surface area (Å²) < 4.78 is 27.4. The van der Waals surface area contributed by atoms with Crippen LogP contribution in [-0.2, 0) is 16.4 Å². The standard InChI is InChI=1S/C20H24N4O4S/c1-13(2)29(27,28)24-20-19(21-16-7-3-4-8-17(16)22-20)23-18-12-15(26)10-9-14(18)6-5-11-25/h3-4,7-10,12-13,25-26H,5-6,11H2,1-2H3,(H,21,23)(H,22,24). The van der Waals surface area contributed by atoms with Gasteiger partial charge in [-0.05, 0) is 50.5 Å². The number of nitrogens with zero attached hydrogens (tertiary/aromatic N) is 2. The van der Waals surface area contributed by atoms with Gasteiger partial charge in [-0.15, -0.1) is 0 Å². The van der Waals surface area contributed by atoms with Crippen LogP contribution in [0.4, 0.5) is 17.3 Å². The Morgan fingerprint density at radius 1 is 1.03 bits per heavy atom. The molecule has 0 radical (unpaired) electrons. The molecule has 9 heteroatoms. The number of para-hydroxylation sites is 2. The Balaban J connectivity index is 2.08. The summed E-state index contributed by atoms with van der Waals surface area (Å²) >= 11 is 0. The predicted molar refractivity (Wildman–Crippen MR) is 114 cm³/mol. The summed E-state index contributed by atoms with van der Waals surface area (Å²) in [4.78, 5) is 8.97. The first-order chi connectivity index (χ1) is 13.8. The molecule has 3 rings (SSSR count). The van der Waals surface area contributed by atoms with E-state index in [1.165, 1.54) is 6.07 Å². The molecule has 0 atom stereocenters. The maximum atomic E-state index is 12.4. The highest BCUT2D eigenvalue weighted by atomic mass is 32.2. The zero-order valence-corrected chi connectivity index (χ0v) is 17.1. The lowest BCUT2D eigenvalue weighted by Crippen LogP contribution is -2.24. The number of fused-ring (bicyclic) bond motifs is 1. The fraction of sp³-hybridized carbons (Fsp3) is 0.300. The molecule has 2 aromatic carbocycles. The van der Waals surface area contributed by atoms with E-state index in [1.54, 1.807) is 44.2 Å². The second-order valence-electron chi connectivity index (χ2n) is 6.90. The zero-order chi connectivity index (χ0) is 21.0. The molecule has 0 amide bonds. The number of aryl methyl sites for hydroxylation is 1. The number of benzene rings is 2. The first-order valence-electron chi connectivity index (χ1n) is 9.28. The summed E-state index contributed by atoms with van der Waals surface area (Å²) in [6.07, 6.45) is 1.13. The van der Waals surface area contributed by atoms with Gasteiger partial charge in [0, 0.05) is 18.4 Å². The molecule has 0 spiro atoms. The molecular weight excluding hydrogens is 392 g/mol. The van der Waals surface area contributed by atoms with E-state index >= 15 is 0 Å². The van der Waals surface area contributed by atoms with Crippen molar-refractivity contribution < 1.29 is 18.6 Å². The van der Waals surface area contributed by atoms with E-state index in [-0.39, 0.29) is 24.0 Å². The van der Waals surface area contributed by atoms with Gasteiger partial charge < -0.3 is 15.5 Å². The number of phenols is 1. The number of aliphatic hydroxyl groups excluding tert-OH is 1. The highest BCUT2D eigenvalue weighted by Crippen LogP contribution is 2.30. The van der Waals surface area contributed by atoms with Gasteiger partial charge in [0.05, 0.1) is 16.3 Å². The minimum atomic E-state index is -3.64. The number of sulfonamides is 1. The van der Waals surface area contributed by atoms with Gasteiger partial charge in [0.1, 0.15) is 5.75 Å². The van der Waals surface area contributed by atoms with Crippen molar-refractivity contribution in [3.63, 3.8) is 0 Å². The fourth-order valence-electron chi connectivity index (χ4n) is 2.71. The van der Waals surface area contributed by atoms with Crippen LogP contribution in [0.3, 0.4) is 0 Å². The van der Waals surface area contributed by atoms with Gasteiger partial charge in [-0.1, -0.05) is 18.2 Å². The summed E-state index contributed by atoms with van der Waals surface area (Å²) in [6.45, 7) is 3.19. The van der Waals surface area contributed by atoms with Crippen molar-refractivity contribution in [2.45, 2.75) is 31.9 Å². The minimum Gasteiger partial charge on any atom is -0.508 e. The highest BCUT2D eigenvalue weighted by molar-refractivity contribution is 7.93. The Morgan fingerprint density at radius 2 is 1.69 bits per heavy atom. The molecule has 0 bridgehead atoms. The SMILES string of the molecule is CC(C)S(=O)(=O)Nc1nc2ccccc2nc1Nc1cc(O)ccc1CCCO. The quantitative estimate of drug-likeness (QED) is 0.444. The molecule has 8 nitrogen and oxygen atoms in total. The third kappa shape index (κ3) is 4.93. The first kappa shape index (κ1) is 20.8. The lowest BCUT2D eigenvalue weighted by molar-refractivity contribution is 0.288. The number of hydrogen-bond acceptors (Lipinski definition) is 7. The Kier molecular flexibility index (Phi) is 6.19. The molecule has 0 saturated carbocycles. The van der Waals surface area contributed by atoms with Gasteiger partial charge in [0.15, 0.2) is 11.6 Å². The molecule has 0 saturated heterocycles. The van der Waals surface area contributed by atoms with Gasteiger partial charge in [0.25, 0.3) is 0 Å². The van der Waals surface area contributed by atoms with E-state index in [0.29, 0.717) is 29.6 Å². The molecule has 0 aliphatic rings. The Morgan fingerprint density at radius 3 is 2.31 bits per heavy atom. The molecule has 4 N–H and O–H groups in total. The number of anilines is 3. The number of nitrogens with one attached hydrogen (secondary N) is 2. The summed E-state index contributed by atoms with van der Waals surface area (Å²) in [6, 6.07) is 12.0. The Bertz CT molecular complexity index is 1120. The smallest absolute Gasteiger partial charge is 0.236 e. The Hall–Kier alpha value is -2.91. The van der Waals surface area contributed by atoms with E-state index in [4.69, 9.17) is 5.11 Å². The van der Waals surface area contributed by atoms with Crippen molar-refractivity contribution in [2.24, 2.45) is 0 Å². The van der Waals surface area contributed by atoms with Gasteiger partial charge in [-0.3, -0.25) is 4.72 Å². The average Bonchev–Trinajstić information content (AvgIpc) is 2.67. The molecular formula is C20H24N4O4S. The van der Waals surface area contributed by atoms with Crippen LogP contribution in [0.2, 0.25) is 0 Å². The third-order valence-corrected chi connectivity index (χ3v) is 6.10. The molecule has 1 heterocycles. The summed E-state index contributed by atoms with van der Waals surface area (Å²) in [7, 11) is -3.64. The predicted octanol–water partition coefficient (Wildman–Crippen LogP) is 3.15. The maximum Gasteiger partial charge on any atom is 0.236 e. The molecule has 0 fully saturated rings. The van der Waals surface area contributed by atoms with Crippen molar-refractivity contribution in [3.8, 4) is 5.75 Å². The van der Waals surface area contributed by atoms with E-state index in [9.17, 15) is 13.5 Å². The van der Waals surface area contributed by atoms with Crippen molar-refractivity contribution in [2.75, 3.05) is 16.6 Å². The van der Waals surface area contributed by atoms with Crippen LogP contribution in [-0.4, -0.2) is 40.5 Å². The molecule has 3 aromatic rings. The monoisotopic (exact) mass is 416 g/mol. The van der Waals surface area contributed by atoms with Crippen LogP contribution in [0.25, 0.3) is 11.0 Å². The number of hydrogen-bond donors (Lipinski definition) is 4. The van der Waals surface area contributed by atoms with Crippen LogP contribution in [0, 0.1) is 0 Å². The molecule has 0 aliphatic heterocycles. The number of rotatable bonds is 8. The normalized spacial score (nSPS) is 11.7. The van der Waals surface area contributed by atoms with E-state index in [0.717, 1.165) is 5.56 Å². The van der Waals surface area contributed by atoms with Gasteiger partial charge in [0.2, 0.25) is 10.0 Å². The van der Waals surface area contributed by atoms with Crippen molar-refractivity contribution in [1.29, 1.82) is 0 Å². The maximum absolute atomic E-state index is 12.4. The number of aromatic nitrogens is 2. The van der Waals surface area contributed by atoms with Gasteiger partial charge in [-0.25, -0.2) is 18.4 Å². The van der Waals surface area contributed by atoms with Crippen LogP contribution in [0.1, 0.15) is 25.8 Å². The molecule has 1 aromatic heterocycles. The lowest BCUT2D eigenvalue weighted by atomic mass is 10.1. The zero-order valence-electron chi connectivity index (χ0n) is 16.3. The highest BCUT2D eigenvalue weighted by Gasteiger charge is 2.20. The van der Waals surface area contributed by atoms with Crippen LogP contribution in [0.5, 0.6) is 5.75 Å². The van der Waals surface area contributed by atoms with Crippen molar-refractivity contribution in [1.82, 2.24) is 9.97 Å². The van der Waals surface area contributed by atoms with Crippen molar-refractivity contribution in [3.05, 3.63) is 48.0 Å². The first-order valence-corrected chi connectivity index (χ1v) is 10.8. The lowest BCUT2D eigenvalue weighted by Gasteiger charge is -2.17. The number of phenolic OH excluding ortho intramolecular Hbond substituents is 1. The van der Waals surface area contributed by atoms with Crippen LogP contribution in [0.15, 0.2) is 42.5 Å². The molecule has 154 valence electrons. The van der Waals surface area contributed by atoms with E-state index in [1.807, 2.05) is 6.07 Å². The summed E-state index contributed by atoms with van der Waals surface area (Å²) in [5.41, 5.74) is 2.56. The molecule has 0 unspecified atom stereocenters. The second kappa shape index (κ2) is 8.62. The molecule has 0 aliphatic carbocycles. The van der Waals surface area contributed by atoms with Gasteiger partial charge >= 0.3 is 0 Å². The van der Waals surface area contributed by atoms with Crippen LogP contribution < -0.4 is 10.0 Å². The minimum absolute atomic E-state index is 0.0372. The average molecular weight is 417 g/mol. The Labute approximate surface area is 169 Å². The topological polar surface area (TPSA) is 124 Å². The fourth-order valence-corrected chi connectivity index (χ4v) is 3.35. The number of aliphatic hydroxyl groups is 1.